The van der Waals surface area contributed by atoms with Crippen molar-refractivity contribution >= 4 is 22.8 Å². The molecule has 2 aromatic heterocycles. The minimum absolute atomic E-state index is 0.233. The molecule has 0 aliphatic heterocycles. The number of hydroxylamine groups is 1. The van der Waals surface area contributed by atoms with E-state index in [0.29, 0.717) is 39.8 Å². The van der Waals surface area contributed by atoms with E-state index in [9.17, 15) is 14.3 Å². The van der Waals surface area contributed by atoms with Crippen molar-refractivity contribution in [2.24, 2.45) is 0 Å². The van der Waals surface area contributed by atoms with Crippen LogP contribution >= 0.6 is 0 Å². The van der Waals surface area contributed by atoms with Gasteiger partial charge >= 0.3 is 6.03 Å². The molecule has 0 atom stereocenters. The number of aliphatic hydroxyl groups is 1. The van der Waals surface area contributed by atoms with E-state index in [1.54, 1.807) is 42.6 Å². The molecule has 2 amide bonds. The van der Waals surface area contributed by atoms with Crippen molar-refractivity contribution in [2.75, 3.05) is 5.32 Å². The summed E-state index contributed by atoms with van der Waals surface area (Å²) >= 11 is 0. The zero-order valence-electron chi connectivity index (χ0n) is 15.5. The summed E-state index contributed by atoms with van der Waals surface area (Å²) < 4.78 is 24.1. The van der Waals surface area contributed by atoms with Gasteiger partial charge in [0, 0.05) is 18.0 Å². The fraction of sp³-hybridized carbons (Fsp3) is 0.0476. The first-order valence-corrected chi connectivity index (χ1v) is 8.86. The number of aliphatic hydroxyl groups excluding tert-OH is 1. The first-order chi connectivity index (χ1) is 14.6. The highest BCUT2D eigenvalue weighted by atomic mass is 19.1. The second-order valence-electron chi connectivity index (χ2n) is 6.14. The lowest BCUT2D eigenvalue weighted by atomic mass is 10.3. The zero-order chi connectivity index (χ0) is 20.9. The average molecular weight is 409 g/mol. The quantitative estimate of drug-likeness (QED) is 0.409. The number of amides is 2. The largest absolute Gasteiger partial charge is 0.456 e. The molecule has 0 saturated heterocycles. The predicted molar refractivity (Wildman–Crippen MR) is 106 cm³/mol. The molecule has 0 spiro atoms. The van der Waals surface area contributed by atoms with Crippen LogP contribution in [0, 0.1) is 5.82 Å². The molecule has 0 saturated carbocycles. The summed E-state index contributed by atoms with van der Waals surface area (Å²) in [7, 11) is 0. The number of hydrogen-bond donors (Lipinski definition) is 3. The molecular formula is C21H16FN3O5. The maximum absolute atomic E-state index is 12.9. The summed E-state index contributed by atoms with van der Waals surface area (Å²) in [6, 6.07) is 14.6. The third-order valence-corrected chi connectivity index (χ3v) is 4.02. The van der Waals surface area contributed by atoms with Crippen LogP contribution in [0.15, 0.2) is 71.3 Å². The minimum atomic E-state index is -0.598. The second kappa shape index (κ2) is 8.50. The van der Waals surface area contributed by atoms with E-state index in [2.05, 4.69) is 15.8 Å². The van der Waals surface area contributed by atoms with Crippen LogP contribution in [-0.4, -0.2) is 16.1 Å². The number of hydrogen-bond acceptors (Lipinski definition) is 6. The molecule has 9 heteroatoms. The van der Waals surface area contributed by atoms with Crippen LogP contribution in [0.5, 0.6) is 17.2 Å². The van der Waals surface area contributed by atoms with Gasteiger partial charge in [-0.05, 0) is 54.6 Å². The SMILES string of the molecule is O=C(NOc1ccc(F)cc1)Nc1ccc(Oc2ccnc3oc(CO)cc23)cc1. The number of furan rings is 1. The van der Waals surface area contributed by atoms with E-state index in [1.165, 1.54) is 24.3 Å². The molecule has 8 nitrogen and oxygen atoms in total. The number of aromatic nitrogens is 1. The van der Waals surface area contributed by atoms with Crippen LogP contribution in [0.4, 0.5) is 14.9 Å². The predicted octanol–water partition coefficient (Wildman–Crippen LogP) is 4.37. The number of carbonyl (C=O) groups excluding carboxylic acids is 1. The molecule has 2 aromatic carbocycles. The van der Waals surface area contributed by atoms with Crippen LogP contribution in [0.3, 0.4) is 0 Å². The molecular weight excluding hydrogens is 393 g/mol. The molecule has 0 aliphatic carbocycles. The summed E-state index contributed by atoms with van der Waals surface area (Å²) in [6.45, 7) is -0.233. The Bertz CT molecular complexity index is 1160. The summed E-state index contributed by atoms with van der Waals surface area (Å²) in [5.74, 6) is 1.34. The Morgan fingerprint density at radius 3 is 2.53 bits per heavy atom. The summed E-state index contributed by atoms with van der Waals surface area (Å²) in [5, 5.41) is 12.4. The van der Waals surface area contributed by atoms with E-state index in [-0.39, 0.29) is 6.61 Å². The van der Waals surface area contributed by atoms with Gasteiger partial charge in [0.05, 0.1) is 5.39 Å². The molecule has 0 radical (unpaired) electrons. The van der Waals surface area contributed by atoms with Gasteiger partial charge in [0.25, 0.3) is 0 Å². The number of halogens is 1. The Labute approximate surface area is 169 Å². The average Bonchev–Trinajstić information content (AvgIpc) is 3.19. The van der Waals surface area contributed by atoms with E-state index in [4.69, 9.17) is 14.0 Å². The van der Waals surface area contributed by atoms with Gasteiger partial charge < -0.3 is 24.4 Å². The fourth-order valence-electron chi connectivity index (χ4n) is 2.63. The van der Waals surface area contributed by atoms with Crippen molar-refractivity contribution in [3.05, 3.63) is 78.4 Å². The maximum Gasteiger partial charge on any atom is 0.352 e. The maximum atomic E-state index is 12.9. The number of urea groups is 1. The van der Waals surface area contributed by atoms with Gasteiger partial charge in [-0.25, -0.2) is 14.2 Å². The Balaban J connectivity index is 1.36. The van der Waals surface area contributed by atoms with E-state index < -0.39 is 11.8 Å². The number of nitrogens with zero attached hydrogens (tertiary/aromatic N) is 1. The smallest absolute Gasteiger partial charge is 0.352 e. The number of rotatable bonds is 6. The van der Waals surface area contributed by atoms with Crippen molar-refractivity contribution in [3.8, 4) is 17.2 Å². The molecule has 0 bridgehead atoms. The number of ether oxygens (including phenoxy) is 1. The molecule has 0 fully saturated rings. The van der Waals surface area contributed by atoms with E-state index >= 15 is 0 Å². The molecule has 152 valence electrons. The van der Waals surface area contributed by atoms with Crippen molar-refractivity contribution in [1.29, 1.82) is 0 Å². The molecule has 3 N–H and O–H groups in total. The number of carbonyl (C=O) groups is 1. The Hall–Kier alpha value is -4.11. The second-order valence-corrected chi connectivity index (χ2v) is 6.14. The minimum Gasteiger partial charge on any atom is -0.456 e. The molecule has 0 aliphatic rings. The molecule has 30 heavy (non-hydrogen) atoms. The summed E-state index contributed by atoms with van der Waals surface area (Å²) in [5.41, 5.74) is 3.08. The van der Waals surface area contributed by atoms with Gasteiger partial charge in [-0.2, -0.15) is 5.48 Å². The molecule has 2 heterocycles. The van der Waals surface area contributed by atoms with Crippen molar-refractivity contribution < 1.29 is 28.3 Å². The van der Waals surface area contributed by atoms with Crippen molar-refractivity contribution in [1.82, 2.24) is 10.5 Å². The van der Waals surface area contributed by atoms with Crippen LogP contribution < -0.4 is 20.4 Å². The first kappa shape index (κ1) is 19.2. The van der Waals surface area contributed by atoms with Gasteiger partial charge in [0.1, 0.15) is 29.7 Å². The Morgan fingerprint density at radius 2 is 1.80 bits per heavy atom. The van der Waals surface area contributed by atoms with Crippen molar-refractivity contribution in [2.45, 2.75) is 6.61 Å². The molecule has 4 rings (SSSR count). The highest BCUT2D eigenvalue weighted by molar-refractivity contribution is 5.88. The first-order valence-electron chi connectivity index (χ1n) is 8.86. The summed E-state index contributed by atoms with van der Waals surface area (Å²) in [4.78, 5) is 21.1. The van der Waals surface area contributed by atoms with Crippen LogP contribution in [0.25, 0.3) is 11.1 Å². The van der Waals surface area contributed by atoms with Crippen LogP contribution in [0.2, 0.25) is 0 Å². The standard InChI is InChI=1S/C21H16FN3O5/c22-13-1-5-16(6-2-13)30-25-21(27)24-14-3-7-15(8-4-14)28-19-9-10-23-20-18(19)11-17(12-26)29-20/h1-11,26H,12H2,(H2,24,25,27). The Morgan fingerprint density at radius 1 is 1.07 bits per heavy atom. The van der Waals surface area contributed by atoms with Crippen LogP contribution in [-0.2, 0) is 6.61 Å². The van der Waals surface area contributed by atoms with Gasteiger partial charge in [-0.1, -0.05) is 0 Å². The topological polar surface area (TPSA) is 106 Å². The molecule has 4 aromatic rings. The number of pyridine rings is 1. The monoisotopic (exact) mass is 409 g/mol. The lowest BCUT2D eigenvalue weighted by molar-refractivity contribution is 0.189. The van der Waals surface area contributed by atoms with Crippen molar-refractivity contribution in [3.63, 3.8) is 0 Å². The lowest BCUT2D eigenvalue weighted by Gasteiger charge is -2.10. The third-order valence-electron chi connectivity index (χ3n) is 4.02. The number of nitrogens with one attached hydrogen (secondary N) is 2. The highest BCUT2D eigenvalue weighted by Crippen LogP contribution is 2.31. The Kier molecular flexibility index (Phi) is 5.44. The molecule has 0 unspecified atom stereocenters. The van der Waals surface area contributed by atoms with E-state index in [0.717, 1.165) is 0 Å². The zero-order valence-corrected chi connectivity index (χ0v) is 15.5. The van der Waals surface area contributed by atoms with Gasteiger partial charge in [-0.3, -0.25) is 0 Å². The summed E-state index contributed by atoms with van der Waals surface area (Å²) in [6.07, 6.45) is 1.55. The highest BCUT2D eigenvalue weighted by Gasteiger charge is 2.11. The van der Waals surface area contributed by atoms with Gasteiger partial charge in [0.15, 0.2) is 5.75 Å². The number of benzene rings is 2. The number of anilines is 1. The number of fused-ring (bicyclic) bond motifs is 1. The van der Waals surface area contributed by atoms with Crippen LogP contribution in [0.1, 0.15) is 5.76 Å². The van der Waals surface area contributed by atoms with Gasteiger partial charge in [0.2, 0.25) is 5.71 Å². The lowest BCUT2D eigenvalue weighted by Crippen LogP contribution is -2.31. The normalized spacial score (nSPS) is 10.6. The third kappa shape index (κ3) is 4.47. The fourth-order valence-corrected chi connectivity index (χ4v) is 2.63. The van der Waals surface area contributed by atoms with Gasteiger partial charge in [-0.15, -0.1) is 0 Å². The van der Waals surface area contributed by atoms with E-state index in [1.807, 2.05) is 0 Å².